The number of rotatable bonds is 5. The summed E-state index contributed by atoms with van der Waals surface area (Å²) in [5.74, 6) is 10.8. The van der Waals surface area contributed by atoms with E-state index in [0.29, 0.717) is 6.04 Å². The molecule has 4 bridgehead atoms. The third-order valence-electron chi connectivity index (χ3n) is 6.47. The first-order chi connectivity index (χ1) is 10.3. The van der Waals surface area contributed by atoms with E-state index in [0.717, 1.165) is 42.4 Å². The summed E-state index contributed by atoms with van der Waals surface area (Å²) >= 11 is 1.98. The summed E-state index contributed by atoms with van der Waals surface area (Å²) in [7, 11) is 0. The molecule has 1 aromatic heterocycles. The Morgan fingerprint density at radius 3 is 2.24 bits per heavy atom. The highest BCUT2D eigenvalue weighted by atomic mass is 32.1. The topological polar surface area (TPSA) is 38.0 Å². The van der Waals surface area contributed by atoms with E-state index < -0.39 is 0 Å². The lowest BCUT2D eigenvalue weighted by Gasteiger charge is -2.56. The Morgan fingerprint density at radius 1 is 1.10 bits per heavy atom. The SMILES string of the molecule is CCc1ccc(CC(NN)C2C3CC4CC(C3)CC2C4)s1. The average molecular weight is 305 g/mol. The van der Waals surface area contributed by atoms with Gasteiger partial charge in [0.1, 0.15) is 0 Å². The van der Waals surface area contributed by atoms with Crippen LogP contribution in [0.1, 0.15) is 48.8 Å². The van der Waals surface area contributed by atoms with Gasteiger partial charge in [0.25, 0.3) is 0 Å². The van der Waals surface area contributed by atoms with Crippen molar-refractivity contribution in [2.24, 2.45) is 35.4 Å². The van der Waals surface area contributed by atoms with Crippen molar-refractivity contribution in [1.82, 2.24) is 5.43 Å². The van der Waals surface area contributed by atoms with Gasteiger partial charge in [-0.25, -0.2) is 0 Å². The quantitative estimate of drug-likeness (QED) is 0.642. The normalized spacial score (nSPS) is 38.9. The van der Waals surface area contributed by atoms with Crippen LogP contribution in [0.25, 0.3) is 0 Å². The van der Waals surface area contributed by atoms with Gasteiger partial charge >= 0.3 is 0 Å². The van der Waals surface area contributed by atoms with Gasteiger partial charge in [0.2, 0.25) is 0 Å². The summed E-state index contributed by atoms with van der Waals surface area (Å²) < 4.78 is 0. The second-order valence-electron chi connectivity index (χ2n) is 7.71. The molecular formula is C18H28N2S. The zero-order chi connectivity index (χ0) is 14.4. The number of nitrogens with two attached hydrogens (primary N) is 1. The predicted molar refractivity (Wildman–Crippen MR) is 89.0 cm³/mol. The minimum absolute atomic E-state index is 0.489. The maximum absolute atomic E-state index is 5.99. The molecule has 0 amide bonds. The summed E-state index contributed by atoms with van der Waals surface area (Å²) in [4.78, 5) is 3.02. The molecule has 5 rings (SSSR count). The van der Waals surface area contributed by atoms with Crippen LogP contribution < -0.4 is 11.3 Å². The number of aryl methyl sites for hydroxylation is 1. The van der Waals surface area contributed by atoms with Crippen molar-refractivity contribution in [3.8, 4) is 0 Å². The number of hydrogen-bond acceptors (Lipinski definition) is 3. The molecule has 1 unspecified atom stereocenters. The van der Waals surface area contributed by atoms with Gasteiger partial charge in [0.05, 0.1) is 0 Å². The number of hydrogen-bond donors (Lipinski definition) is 2. The maximum atomic E-state index is 5.99. The smallest absolute Gasteiger partial charge is 0.0292 e. The first-order valence-corrected chi connectivity index (χ1v) is 9.62. The van der Waals surface area contributed by atoms with Crippen molar-refractivity contribution in [2.75, 3.05) is 0 Å². The summed E-state index contributed by atoms with van der Waals surface area (Å²) in [6, 6.07) is 5.11. The summed E-state index contributed by atoms with van der Waals surface area (Å²) in [6.07, 6.45) is 9.77. The summed E-state index contributed by atoms with van der Waals surface area (Å²) in [5.41, 5.74) is 3.21. The van der Waals surface area contributed by atoms with Crippen LogP contribution in [0, 0.1) is 29.6 Å². The van der Waals surface area contributed by atoms with Crippen LogP contribution >= 0.6 is 11.3 Å². The van der Waals surface area contributed by atoms with Gasteiger partial charge in [0, 0.05) is 15.8 Å². The monoisotopic (exact) mass is 304 g/mol. The molecule has 0 aromatic carbocycles. The first-order valence-electron chi connectivity index (χ1n) is 8.80. The zero-order valence-corrected chi connectivity index (χ0v) is 13.9. The molecule has 3 heteroatoms. The molecule has 0 spiro atoms. The third kappa shape index (κ3) is 2.58. The Morgan fingerprint density at radius 2 is 1.71 bits per heavy atom. The van der Waals surface area contributed by atoms with Crippen LogP contribution in [0.15, 0.2) is 12.1 Å². The predicted octanol–water partition coefficient (Wildman–Crippen LogP) is 3.76. The molecule has 4 fully saturated rings. The molecule has 1 atom stereocenters. The van der Waals surface area contributed by atoms with Gasteiger partial charge in [-0.1, -0.05) is 6.92 Å². The van der Waals surface area contributed by atoms with Gasteiger partial charge < -0.3 is 0 Å². The van der Waals surface area contributed by atoms with Crippen LogP contribution in [-0.2, 0) is 12.8 Å². The van der Waals surface area contributed by atoms with E-state index in [1.165, 1.54) is 41.9 Å². The fourth-order valence-electron chi connectivity index (χ4n) is 5.87. The van der Waals surface area contributed by atoms with Gasteiger partial charge in [0.15, 0.2) is 0 Å². The van der Waals surface area contributed by atoms with E-state index in [-0.39, 0.29) is 0 Å². The largest absolute Gasteiger partial charge is 0.271 e. The highest BCUT2D eigenvalue weighted by Crippen LogP contribution is 2.57. The number of hydrazine groups is 1. The lowest BCUT2D eigenvalue weighted by atomic mass is 9.50. The Balaban J connectivity index is 1.50. The first kappa shape index (κ1) is 14.2. The van der Waals surface area contributed by atoms with Gasteiger partial charge in [-0.15, -0.1) is 11.3 Å². The molecule has 0 aliphatic heterocycles. The number of nitrogens with one attached hydrogen (secondary N) is 1. The fraction of sp³-hybridized carbons (Fsp3) is 0.778. The van der Waals surface area contributed by atoms with E-state index in [4.69, 9.17) is 5.84 Å². The van der Waals surface area contributed by atoms with Crippen LogP contribution in [-0.4, -0.2) is 6.04 Å². The molecular weight excluding hydrogens is 276 g/mol. The van der Waals surface area contributed by atoms with Crippen molar-refractivity contribution in [3.63, 3.8) is 0 Å². The summed E-state index contributed by atoms with van der Waals surface area (Å²) in [6.45, 7) is 2.24. The number of thiophene rings is 1. The van der Waals surface area contributed by atoms with Gasteiger partial charge in [-0.3, -0.25) is 11.3 Å². The van der Waals surface area contributed by atoms with Gasteiger partial charge in [-0.2, -0.15) is 0 Å². The Kier molecular flexibility index (Phi) is 3.85. The highest BCUT2D eigenvalue weighted by molar-refractivity contribution is 7.11. The molecule has 4 saturated carbocycles. The molecule has 116 valence electrons. The average Bonchev–Trinajstić information content (AvgIpc) is 2.92. The van der Waals surface area contributed by atoms with Crippen LogP contribution in [0.5, 0.6) is 0 Å². The van der Waals surface area contributed by atoms with Crippen LogP contribution in [0.4, 0.5) is 0 Å². The minimum Gasteiger partial charge on any atom is -0.271 e. The molecule has 21 heavy (non-hydrogen) atoms. The zero-order valence-electron chi connectivity index (χ0n) is 13.1. The molecule has 3 N–H and O–H groups in total. The third-order valence-corrected chi connectivity index (χ3v) is 7.72. The minimum atomic E-state index is 0.489. The van der Waals surface area contributed by atoms with Crippen molar-refractivity contribution in [1.29, 1.82) is 0 Å². The van der Waals surface area contributed by atoms with E-state index >= 15 is 0 Å². The van der Waals surface area contributed by atoms with Crippen molar-refractivity contribution in [2.45, 2.75) is 57.9 Å². The molecule has 1 aromatic rings. The lowest BCUT2D eigenvalue weighted by Crippen LogP contribution is -2.55. The molecule has 1 heterocycles. The molecule has 2 nitrogen and oxygen atoms in total. The standard InChI is InChI=1S/C18H28N2S/c1-2-15-3-4-16(21-15)10-17(20-19)18-13-6-11-5-12(8-13)9-14(18)7-11/h3-4,11-14,17-18,20H,2,5-10,19H2,1H3. The Hall–Kier alpha value is -0.380. The van der Waals surface area contributed by atoms with E-state index in [1.807, 2.05) is 11.3 Å². The van der Waals surface area contributed by atoms with Crippen LogP contribution in [0.2, 0.25) is 0 Å². The second kappa shape index (κ2) is 5.68. The molecule has 4 aliphatic carbocycles. The molecule has 0 saturated heterocycles. The fourth-order valence-corrected chi connectivity index (χ4v) is 6.89. The van der Waals surface area contributed by atoms with Crippen molar-refractivity contribution >= 4 is 11.3 Å². The van der Waals surface area contributed by atoms with Crippen LogP contribution in [0.3, 0.4) is 0 Å². The van der Waals surface area contributed by atoms with E-state index in [1.54, 1.807) is 0 Å². The highest BCUT2D eigenvalue weighted by Gasteiger charge is 2.50. The van der Waals surface area contributed by atoms with Gasteiger partial charge in [-0.05, 0) is 86.7 Å². The van der Waals surface area contributed by atoms with Crippen molar-refractivity contribution in [3.05, 3.63) is 21.9 Å². The maximum Gasteiger partial charge on any atom is 0.0292 e. The van der Waals surface area contributed by atoms with E-state index in [2.05, 4.69) is 24.5 Å². The van der Waals surface area contributed by atoms with E-state index in [9.17, 15) is 0 Å². The lowest BCUT2D eigenvalue weighted by molar-refractivity contribution is -0.0516. The Bertz CT molecular complexity index is 467. The molecule has 4 aliphatic rings. The van der Waals surface area contributed by atoms with Crippen molar-refractivity contribution < 1.29 is 0 Å². The summed E-state index contributed by atoms with van der Waals surface area (Å²) in [5, 5.41) is 0. The second-order valence-corrected chi connectivity index (χ2v) is 8.96. The molecule has 0 radical (unpaired) electrons. The Labute approximate surface area is 132 Å².